The lowest BCUT2D eigenvalue weighted by Gasteiger charge is -2.40. The Kier molecular flexibility index (Phi) is 6.41. The van der Waals surface area contributed by atoms with Crippen molar-refractivity contribution in [2.75, 3.05) is 36.8 Å². The molecule has 1 aliphatic heterocycles. The monoisotopic (exact) mass is 434 g/mol. The highest BCUT2D eigenvalue weighted by Crippen LogP contribution is 2.31. The number of hydrogen-bond acceptors (Lipinski definition) is 6. The highest BCUT2D eigenvalue weighted by Gasteiger charge is 2.31. The number of anilines is 2. The molecule has 1 atom stereocenters. The summed E-state index contributed by atoms with van der Waals surface area (Å²) in [6, 6.07) is 13.7. The van der Waals surface area contributed by atoms with Crippen LogP contribution in [0.25, 0.3) is 0 Å². The summed E-state index contributed by atoms with van der Waals surface area (Å²) >= 11 is 0. The van der Waals surface area contributed by atoms with E-state index in [2.05, 4.69) is 31.9 Å². The summed E-state index contributed by atoms with van der Waals surface area (Å²) in [6.45, 7) is 7.60. The van der Waals surface area contributed by atoms with Crippen molar-refractivity contribution >= 4 is 11.5 Å². The molecule has 0 bridgehead atoms. The fourth-order valence-corrected chi connectivity index (χ4v) is 4.39. The lowest BCUT2D eigenvalue weighted by molar-refractivity contribution is 0.210. The van der Waals surface area contributed by atoms with Crippen molar-refractivity contribution in [3.63, 3.8) is 0 Å². The molecule has 0 amide bonds. The quantitative estimate of drug-likeness (QED) is 0.616. The average molecular weight is 435 g/mol. The molecule has 3 N–H and O–H groups in total. The zero-order valence-corrected chi connectivity index (χ0v) is 18.6. The summed E-state index contributed by atoms with van der Waals surface area (Å²) in [5.74, 6) is 0.437. The number of rotatable bonds is 6. The van der Waals surface area contributed by atoms with Gasteiger partial charge in [0.25, 0.3) is 5.56 Å². The first kappa shape index (κ1) is 21.8. The van der Waals surface area contributed by atoms with Gasteiger partial charge in [-0.05, 0) is 29.7 Å². The van der Waals surface area contributed by atoms with Crippen LogP contribution in [0.1, 0.15) is 31.0 Å². The third kappa shape index (κ3) is 4.45. The van der Waals surface area contributed by atoms with Gasteiger partial charge < -0.3 is 10.6 Å². The van der Waals surface area contributed by atoms with Crippen LogP contribution < -0.4 is 21.9 Å². The van der Waals surface area contributed by atoms with Crippen LogP contribution in [0.15, 0.2) is 64.4 Å². The molecule has 3 aromatic rings. The highest BCUT2D eigenvalue weighted by atomic mass is 16.2. The number of aromatic nitrogens is 3. The summed E-state index contributed by atoms with van der Waals surface area (Å²) in [4.78, 5) is 36.9. The van der Waals surface area contributed by atoms with Crippen LogP contribution in [0, 0.1) is 5.92 Å². The Morgan fingerprint density at radius 3 is 2.38 bits per heavy atom. The normalized spacial score (nSPS) is 15.8. The Morgan fingerprint density at radius 1 is 1.03 bits per heavy atom. The maximum absolute atomic E-state index is 13.0. The van der Waals surface area contributed by atoms with Crippen molar-refractivity contribution in [3.8, 4) is 0 Å². The molecule has 0 unspecified atom stereocenters. The van der Waals surface area contributed by atoms with Crippen molar-refractivity contribution < 1.29 is 0 Å². The van der Waals surface area contributed by atoms with E-state index in [1.165, 1.54) is 10.3 Å². The number of nitrogens with zero attached hydrogens (tertiary/aromatic N) is 4. The van der Waals surface area contributed by atoms with Crippen LogP contribution in [0.3, 0.4) is 0 Å². The molecule has 1 saturated heterocycles. The van der Waals surface area contributed by atoms with Gasteiger partial charge >= 0.3 is 5.69 Å². The molecule has 0 radical (unpaired) electrons. The van der Waals surface area contributed by atoms with Gasteiger partial charge in [-0.1, -0.05) is 38.1 Å². The molecular weight excluding hydrogens is 404 g/mol. The summed E-state index contributed by atoms with van der Waals surface area (Å²) in [7, 11) is 0. The second kappa shape index (κ2) is 9.40. The van der Waals surface area contributed by atoms with E-state index in [4.69, 9.17) is 5.73 Å². The molecule has 2 aromatic heterocycles. The number of pyridine rings is 1. The Balaban J connectivity index is 1.72. The Labute approximate surface area is 187 Å². The first-order valence-corrected chi connectivity index (χ1v) is 11.0. The Bertz CT molecular complexity index is 1150. The fraction of sp³-hybridized carbons (Fsp3) is 0.375. The summed E-state index contributed by atoms with van der Waals surface area (Å²) in [5, 5.41) is 0. The maximum atomic E-state index is 13.0. The lowest BCUT2D eigenvalue weighted by atomic mass is 9.98. The third-order valence-corrected chi connectivity index (χ3v) is 5.90. The molecule has 168 valence electrons. The van der Waals surface area contributed by atoms with Crippen molar-refractivity contribution in [2.24, 2.45) is 5.92 Å². The SMILES string of the molecule is CC(C)Cn1c(N)c([C@H](c2cccnc2)N2CCN(c3ccccc3)CC2)c(=O)[nH]c1=O. The number of benzene rings is 1. The van der Waals surface area contributed by atoms with Crippen LogP contribution >= 0.6 is 0 Å². The van der Waals surface area contributed by atoms with E-state index in [1.807, 2.05) is 44.2 Å². The molecule has 3 heterocycles. The summed E-state index contributed by atoms with van der Waals surface area (Å²) in [6.07, 6.45) is 3.48. The average Bonchev–Trinajstić information content (AvgIpc) is 2.80. The van der Waals surface area contributed by atoms with Crippen molar-refractivity contribution in [2.45, 2.75) is 26.4 Å². The van der Waals surface area contributed by atoms with Crippen LogP contribution in [-0.2, 0) is 6.54 Å². The topological polar surface area (TPSA) is 100 Å². The van der Waals surface area contributed by atoms with E-state index in [0.29, 0.717) is 12.1 Å². The van der Waals surface area contributed by atoms with E-state index in [9.17, 15) is 9.59 Å². The molecule has 1 aromatic carbocycles. The minimum absolute atomic E-state index is 0.208. The Morgan fingerprint density at radius 2 is 1.75 bits per heavy atom. The largest absolute Gasteiger partial charge is 0.385 e. The molecule has 1 fully saturated rings. The van der Waals surface area contributed by atoms with Crippen LogP contribution in [0.4, 0.5) is 11.5 Å². The molecule has 4 rings (SSSR count). The lowest BCUT2D eigenvalue weighted by Crippen LogP contribution is -2.49. The molecule has 0 spiro atoms. The molecule has 8 nitrogen and oxygen atoms in total. The van der Waals surface area contributed by atoms with Gasteiger partial charge in [0.1, 0.15) is 5.82 Å². The number of H-pyrrole nitrogens is 1. The standard InChI is InChI=1S/C24H30N6O2/c1-17(2)16-30-22(25)20(23(31)27-24(30)32)21(18-7-6-10-26-15-18)29-13-11-28(12-14-29)19-8-4-3-5-9-19/h3-10,15,17,21H,11-14,16,25H2,1-2H3,(H,27,31,32)/t21-/m0/s1. The number of nitrogens with two attached hydrogens (primary N) is 1. The molecule has 8 heteroatoms. The number of piperazine rings is 1. The van der Waals surface area contributed by atoms with Gasteiger partial charge in [0.05, 0.1) is 11.6 Å². The van der Waals surface area contributed by atoms with E-state index in [1.54, 1.807) is 12.4 Å². The van der Waals surface area contributed by atoms with Gasteiger partial charge in [-0.3, -0.25) is 24.2 Å². The minimum Gasteiger partial charge on any atom is -0.385 e. The van der Waals surface area contributed by atoms with Gasteiger partial charge in [-0.25, -0.2) is 4.79 Å². The predicted molar refractivity (Wildman–Crippen MR) is 127 cm³/mol. The van der Waals surface area contributed by atoms with Gasteiger partial charge in [0.15, 0.2) is 0 Å². The van der Waals surface area contributed by atoms with Crippen molar-refractivity contribution in [3.05, 3.63) is 86.8 Å². The van der Waals surface area contributed by atoms with Crippen LogP contribution in [0.5, 0.6) is 0 Å². The van der Waals surface area contributed by atoms with E-state index < -0.39 is 11.2 Å². The second-order valence-electron chi connectivity index (χ2n) is 8.61. The molecule has 32 heavy (non-hydrogen) atoms. The zero-order valence-electron chi connectivity index (χ0n) is 18.6. The first-order chi connectivity index (χ1) is 15.5. The number of hydrogen-bond donors (Lipinski definition) is 2. The van der Waals surface area contributed by atoms with Crippen molar-refractivity contribution in [1.82, 2.24) is 19.4 Å². The number of nitrogen functional groups attached to an aromatic ring is 1. The number of para-hydroxylation sites is 1. The highest BCUT2D eigenvalue weighted by molar-refractivity contribution is 5.48. The van der Waals surface area contributed by atoms with Gasteiger partial charge in [-0.2, -0.15) is 0 Å². The predicted octanol–water partition coefficient (Wildman–Crippen LogP) is 2.08. The fourth-order valence-electron chi connectivity index (χ4n) is 4.39. The summed E-state index contributed by atoms with van der Waals surface area (Å²) < 4.78 is 1.48. The van der Waals surface area contributed by atoms with Crippen LogP contribution in [0.2, 0.25) is 0 Å². The van der Waals surface area contributed by atoms with Crippen molar-refractivity contribution in [1.29, 1.82) is 0 Å². The van der Waals surface area contributed by atoms with E-state index >= 15 is 0 Å². The second-order valence-corrected chi connectivity index (χ2v) is 8.61. The summed E-state index contributed by atoms with van der Waals surface area (Å²) in [5.41, 5.74) is 8.05. The Hall–Kier alpha value is -3.39. The molecule has 0 aliphatic carbocycles. The van der Waals surface area contributed by atoms with Gasteiger partial charge in [-0.15, -0.1) is 0 Å². The third-order valence-electron chi connectivity index (χ3n) is 5.90. The van der Waals surface area contributed by atoms with E-state index in [0.717, 1.165) is 31.7 Å². The first-order valence-electron chi connectivity index (χ1n) is 11.0. The smallest absolute Gasteiger partial charge is 0.329 e. The van der Waals surface area contributed by atoms with E-state index in [-0.39, 0.29) is 17.8 Å². The molecular formula is C24H30N6O2. The van der Waals surface area contributed by atoms with Crippen LogP contribution in [-0.4, -0.2) is 45.6 Å². The minimum atomic E-state index is -0.469. The molecule has 1 aliphatic rings. The number of nitrogens with one attached hydrogen (secondary N) is 1. The van der Waals surface area contributed by atoms with Gasteiger partial charge in [0, 0.05) is 50.8 Å². The zero-order chi connectivity index (χ0) is 22.7. The maximum Gasteiger partial charge on any atom is 0.329 e. The van der Waals surface area contributed by atoms with Gasteiger partial charge in [0.2, 0.25) is 0 Å². The number of aromatic amines is 1. The molecule has 0 saturated carbocycles.